The predicted molar refractivity (Wildman–Crippen MR) is 77.7 cm³/mol. The Morgan fingerprint density at radius 2 is 2.11 bits per heavy atom. The third-order valence-corrected chi connectivity index (χ3v) is 4.65. The molecule has 18 heavy (non-hydrogen) atoms. The Bertz CT molecular complexity index is 354. The minimum absolute atomic E-state index is 0.828. The third-order valence-electron chi connectivity index (χ3n) is 3.75. The standard InChI is InChI=1S/C14H25N3S/c1-4-5-15-6-14-16-13(10-18-14)9-17-7-11(2)12(3)8-17/h10-12,15H,4-9H2,1-3H3. The molecule has 1 aromatic rings. The molecule has 1 aromatic heterocycles. The Morgan fingerprint density at radius 1 is 1.39 bits per heavy atom. The summed E-state index contributed by atoms with van der Waals surface area (Å²) in [7, 11) is 0. The van der Waals surface area contributed by atoms with Gasteiger partial charge in [0.2, 0.25) is 0 Å². The smallest absolute Gasteiger partial charge is 0.107 e. The molecule has 1 aliphatic heterocycles. The van der Waals surface area contributed by atoms with Gasteiger partial charge in [0.15, 0.2) is 0 Å². The van der Waals surface area contributed by atoms with Crippen LogP contribution in [-0.2, 0) is 13.1 Å². The Hall–Kier alpha value is -0.450. The maximum absolute atomic E-state index is 4.71. The summed E-state index contributed by atoms with van der Waals surface area (Å²) >= 11 is 1.78. The minimum atomic E-state index is 0.828. The zero-order chi connectivity index (χ0) is 13.0. The highest BCUT2D eigenvalue weighted by Crippen LogP contribution is 2.24. The van der Waals surface area contributed by atoms with Gasteiger partial charge in [0.1, 0.15) is 5.01 Å². The fraction of sp³-hybridized carbons (Fsp3) is 0.786. The van der Waals surface area contributed by atoms with Crippen LogP contribution < -0.4 is 5.32 Å². The Labute approximate surface area is 115 Å². The monoisotopic (exact) mass is 267 g/mol. The minimum Gasteiger partial charge on any atom is -0.310 e. The van der Waals surface area contributed by atoms with E-state index in [1.165, 1.54) is 30.2 Å². The van der Waals surface area contributed by atoms with E-state index in [0.717, 1.165) is 31.5 Å². The number of rotatable bonds is 6. The molecule has 0 aliphatic carbocycles. The predicted octanol–water partition coefficient (Wildman–Crippen LogP) is 2.73. The zero-order valence-corrected chi connectivity index (χ0v) is 12.6. The van der Waals surface area contributed by atoms with Crippen molar-refractivity contribution in [3.63, 3.8) is 0 Å². The summed E-state index contributed by atoms with van der Waals surface area (Å²) in [6.07, 6.45) is 1.18. The first-order valence-corrected chi connectivity index (χ1v) is 7.93. The fourth-order valence-corrected chi connectivity index (χ4v) is 3.24. The highest BCUT2D eigenvalue weighted by atomic mass is 32.1. The highest BCUT2D eigenvalue weighted by Gasteiger charge is 2.26. The van der Waals surface area contributed by atoms with Gasteiger partial charge in [-0.15, -0.1) is 11.3 Å². The van der Waals surface area contributed by atoms with Crippen molar-refractivity contribution in [1.29, 1.82) is 0 Å². The summed E-state index contributed by atoms with van der Waals surface area (Å²) in [6, 6.07) is 0. The van der Waals surface area contributed by atoms with Crippen molar-refractivity contribution in [2.45, 2.75) is 40.3 Å². The summed E-state index contributed by atoms with van der Waals surface area (Å²) in [4.78, 5) is 7.25. The summed E-state index contributed by atoms with van der Waals surface area (Å²) in [5.41, 5.74) is 1.24. The van der Waals surface area contributed by atoms with Gasteiger partial charge in [-0.25, -0.2) is 4.98 Å². The molecule has 0 spiro atoms. The lowest BCUT2D eigenvalue weighted by Gasteiger charge is -2.13. The van der Waals surface area contributed by atoms with Crippen molar-refractivity contribution >= 4 is 11.3 Å². The van der Waals surface area contributed by atoms with E-state index in [0.29, 0.717) is 0 Å². The molecule has 1 saturated heterocycles. The normalized spacial score (nSPS) is 24.8. The quantitative estimate of drug-likeness (QED) is 0.803. The molecule has 2 unspecified atom stereocenters. The first kappa shape index (κ1) is 14.0. The van der Waals surface area contributed by atoms with E-state index in [1.54, 1.807) is 11.3 Å². The number of hydrogen-bond donors (Lipinski definition) is 1. The number of likely N-dealkylation sites (tertiary alicyclic amines) is 1. The lowest BCUT2D eigenvalue weighted by molar-refractivity contribution is 0.312. The lowest BCUT2D eigenvalue weighted by atomic mass is 10.0. The van der Waals surface area contributed by atoms with Crippen LogP contribution in [-0.4, -0.2) is 29.5 Å². The maximum Gasteiger partial charge on any atom is 0.107 e. The zero-order valence-electron chi connectivity index (χ0n) is 11.8. The van der Waals surface area contributed by atoms with Gasteiger partial charge in [-0.1, -0.05) is 20.8 Å². The molecular weight excluding hydrogens is 242 g/mol. The van der Waals surface area contributed by atoms with Crippen molar-refractivity contribution in [3.8, 4) is 0 Å². The molecule has 2 heterocycles. The SMILES string of the molecule is CCCNCc1nc(CN2CC(C)C(C)C2)cs1. The average Bonchev–Trinajstić information content (AvgIpc) is 2.88. The summed E-state index contributed by atoms with van der Waals surface area (Å²) in [5.74, 6) is 1.66. The second-order valence-corrected chi connectivity index (χ2v) is 6.50. The van der Waals surface area contributed by atoms with Crippen LogP contribution in [0.4, 0.5) is 0 Å². The van der Waals surface area contributed by atoms with Gasteiger partial charge in [-0.05, 0) is 24.8 Å². The van der Waals surface area contributed by atoms with Crippen LogP contribution >= 0.6 is 11.3 Å². The van der Waals surface area contributed by atoms with Crippen molar-refractivity contribution < 1.29 is 0 Å². The number of aromatic nitrogens is 1. The number of nitrogens with zero attached hydrogens (tertiary/aromatic N) is 2. The first-order valence-electron chi connectivity index (χ1n) is 7.05. The van der Waals surface area contributed by atoms with Crippen molar-refractivity contribution in [3.05, 3.63) is 16.1 Å². The summed E-state index contributed by atoms with van der Waals surface area (Å²) in [5, 5.41) is 6.85. The molecule has 0 saturated carbocycles. The van der Waals surface area contributed by atoms with Gasteiger partial charge < -0.3 is 5.32 Å². The van der Waals surface area contributed by atoms with E-state index >= 15 is 0 Å². The topological polar surface area (TPSA) is 28.2 Å². The second-order valence-electron chi connectivity index (χ2n) is 5.56. The molecular formula is C14H25N3S. The molecule has 1 fully saturated rings. The van der Waals surface area contributed by atoms with Gasteiger partial charge in [0.25, 0.3) is 0 Å². The van der Waals surface area contributed by atoms with Crippen LogP contribution in [0.5, 0.6) is 0 Å². The van der Waals surface area contributed by atoms with Gasteiger partial charge in [-0.3, -0.25) is 4.90 Å². The summed E-state index contributed by atoms with van der Waals surface area (Å²) < 4.78 is 0. The highest BCUT2D eigenvalue weighted by molar-refractivity contribution is 7.09. The molecule has 4 heteroatoms. The van der Waals surface area contributed by atoms with E-state index < -0.39 is 0 Å². The molecule has 102 valence electrons. The van der Waals surface area contributed by atoms with Gasteiger partial charge in [0, 0.05) is 31.6 Å². The number of thiazole rings is 1. The maximum atomic E-state index is 4.71. The number of nitrogens with one attached hydrogen (secondary N) is 1. The molecule has 3 nitrogen and oxygen atoms in total. The largest absolute Gasteiger partial charge is 0.310 e. The van der Waals surface area contributed by atoms with Gasteiger partial charge in [-0.2, -0.15) is 0 Å². The van der Waals surface area contributed by atoms with E-state index in [1.807, 2.05) is 0 Å². The fourth-order valence-electron chi connectivity index (χ4n) is 2.48. The molecule has 0 amide bonds. The molecule has 0 radical (unpaired) electrons. The lowest BCUT2D eigenvalue weighted by Crippen LogP contribution is -2.20. The van der Waals surface area contributed by atoms with Crippen molar-refractivity contribution in [2.24, 2.45) is 11.8 Å². The van der Waals surface area contributed by atoms with Gasteiger partial charge >= 0.3 is 0 Å². The van der Waals surface area contributed by atoms with Crippen LogP contribution in [0.25, 0.3) is 0 Å². The molecule has 0 bridgehead atoms. The third kappa shape index (κ3) is 3.77. The average molecular weight is 267 g/mol. The summed E-state index contributed by atoms with van der Waals surface area (Å²) in [6.45, 7) is 12.4. The molecule has 1 aliphatic rings. The van der Waals surface area contributed by atoms with Crippen LogP contribution in [0.3, 0.4) is 0 Å². The van der Waals surface area contributed by atoms with Crippen molar-refractivity contribution in [2.75, 3.05) is 19.6 Å². The second kappa shape index (κ2) is 6.64. The van der Waals surface area contributed by atoms with Crippen LogP contribution in [0.15, 0.2) is 5.38 Å². The molecule has 2 atom stereocenters. The molecule has 1 N–H and O–H groups in total. The van der Waals surface area contributed by atoms with Crippen molar-refractivity contribution in [1.82, 2.24) is 15.2 Å². The van der Waals surface area contributed by atoms with E-state index in [-0.39, 0.29) is 0 Å². The van der Waals surface area contributed by atoms with E-state index in [2.05, 4.69) is 36.4 Å². The first-order chi connectivity index (χ1) is 8.69. The van der Waals surface area contributed by atoms with Crippen LogP contribution in [0, 0.1) is 11.8 Å². The molecule has 0 aromatic carbocycles. The van der Waals surface area contributed by atoms with Gasteiger partial charge in [0.05, 0.1) is 5.69 Å². The Kier molecular flexibility index (Phi) is 5.15. The van der Waals surface area contributed by atoms with Crippen LogP contribution in [0.1, 0.15) is 37.9 Å². The Balaban J connectivity index is 1.80. The number of hydrogen-bond acceptors (Lipinski definition) is 4. The van der Waals surface area contributed by atoms with E-state index in [4.69, 9.17) is 4.98 Å². The van der Waals surface area contributed by atoms with Crippen LogP contribution in [0.2, 0.25) is 0 Å². The van der Waals surface area contributed by atoms with E-state index in [9.17, 15) is 0 Å². The molecule has 2 rings (SSSR count). The Morgan fingerprint density at radius 3 is 2.78 bits per heavy atom.